The highest BCUT2D eigenvalue weighted by Gasteiger charge is 2.14. The van der Waals surface area contributed by atoms with Crippen molar-refractivity contribution < 1.29 is 0 Å². The number of aromatic nitrogens is 2. The third-order valence-corrected chi connectivity index (χ3v) is 4.62. The fourth-order valence-electron chi connectivity index (χ4n) is 3.21. The summed E-state index contributed by atoms with van der Waals surface area (Å²) in [5.41, 5.74) is 3.22. The zero-order valence-electron chi connectivity index (χ0n) is 15.7. The van der Waals surface area contributed by atoms with Gasteiger partial charge in [0.15, 0.2) is 0 Å². The fraction of sp³-hybridized carbons (Fsp3) is 0.550. The Balaban J connectivity index is 2.33. The summed E-state index contributed by atoms with van der Waals surface area (Å²) in [4.78, 5) is 15.1. The van der Waals surface area contributed by atoms with Gasteiger partial charge >= 0.3 is 5.69 Å². The standard InChI is InChI=1S/C20H31N3O/c1-6-13-21(14-7-2)18-9-11-19(12-10-18)22-15-17(5)23(20(22)24)16(4)8-3/h9-12,15-16H,6-8,13-14H2,1-5H3. The molecule has 0 N–H and O–H groups in total. The predicted octanol–water partition coefficient (Wildman–Crippen LogP) is 4.54. The van der Waals surface area contributed by atoms with Crippen molar-refractivity contribution in [3.05, 3.63) is 46.6 Å². The summed E-state index contributed by atoms with van der Waals surface area (Å²) < 4.78 is 3.64. The summed E-state index contributed by atoms with van der Waals surface area (Å²) in [6.07, 6.45) is 5.17. The summed E-state index contributed by atoms with van der Waals surface area (Å²) in [6, 6.07) is 8.58. The van der Waals surface area contributed by atoms with Gasteiger partial charge in [-0.2, -0.15) is 0 Å². The van der Waals surface area contributed by atoms with Gasteiger partial charge in [-0.1, -0.05) is 20.8 Å². The lowest BCUT2D eigenvalue weighted by atomic mass is 10.2. The van der Waals surface area contributed by atoms with Crippen LogP contribution in [0.1, 0.15) is 58.7 Å². The average Bonchev–Trinajstić information content (AvgIpc) is 2.89. The minimum Gasteiger partial charge on any atom is -0.372 e. The maximum Gasteiger partial charge on any atom is 0.333 e. The smallest absolute Gasteiger partial charge is 0.333 e. The molecule has 24 heavy (non-hydrogen) atoms. The molecule has 0 aliphatic heterocycles. The van der Waals surface area contributed by atoms with E-state index in [1.54, 1.807) is 4.57 Å². The summed E-state index contributed by atoms with van der Waals surface area (Å²) in [6.45, 7) is 12.7. The molecule has 1 aromatic heterocycles. The van der Waals surface area contributed by atoms with Gasteiger partial charge in [-0.05, 0) is 57.4 Å². The van der Waals surface area contributed by atoms with Crippen LogP contribution in [0, 0.1) is 6.92 Å². The molecule has 1 aromatic carbocycles. The molecule has 132 valence electrons. The Labute approximate surface area is 145 Å². The normalized spacial score (nSPS) is 12.4. The number of benzene rings is 1. The number of rotatable bonds is 8. The second kappa shape index (κ2) is 8.22. The van der Waals surface area contributed by atoms with Gasteiger partial charge in [0.1, 0.15) is 0 Å². The summed E-state index contributed by atoms with van der Waals surface area (Å²) in [7, 11) is 0. The molecule has 0 radical (unpaired) electrons. The third-order valence-electron chi connectivity index (χ3n) is 4.62. The lowest BCUT2D eigenvalue weighted by molar-refractivity contribution is 0.502. The minimum absolute atomic E-state index is 0.0496. The molecule has 1 atom stereocenters. The van der Waals surface area contributed by atoms with Crippen molar-refractivity contribution >= 4 is 5.69 Å². The highest BCUT2D eigenvalue weighted by atomic mass is 16.1. The molecule has 2 rings (SSSR count). The largest absolute Gasteiger partial charge is 0.372 e. The van der Waals surface area contributed by atoms with Gasteiger partial charge < -0.3 is 4.90 Å². The Morgan fingerprint density at radius 2 is 1.62 bits per heavy atom. The van der Waals surface area contributed by atoms with Gasteiger partial charge in [0.25, 0.3) is 0 Å². The number of hydrogen-bond donors (Lipinski definition) is 0. The topological polar surface area (TPSA) is 30.2 Å². The number of aryl methyl sites for hydroxylation is 1. The van der Waals surface area contributed by atoms with Crippen LogP contribution < -0.4 is 10.6 Å². The Bertz CT molecular complexity index is 691. The van der Waals surface area contributed by atoms with E-state index in [-0.39, 0.29) is 11.7 Å². The highest BCUT2D eigenvalue weighted by molar-refractivity contribution is 5.51. The molecule has 2 aromatic rings. The number of anilines is 1. The molecule has 0 aliphatic carbocycles. The summed E-state index contributed by atoms with van der Waals surface area (Å²) in [5, 5.41) is 0. The number of nitrogens with zero attached hydrogens (tertiary/aromatic N) is 3. The molecular weight excluding hydrogens is 298 g/mol. The van der Waals surface area contributed by atoms with E-state index in [0.717, 1.165) is 43.7 Å². The Morgan fingerprint density at radius 1 is 1.04 bits per heavy atom. The zero-order valence-corrected chi connectivity index (χ0v) is 15.7. The Morgan fingerprint density at radius 3 is 2.12 bits per heavy atom. The number of hydrogen-bond acceptors (Lipinski definition) is 2. The van der Waals surface area contributed by atoms with Crippen LogP contribution >= 0.6 is 0 Å². The first-order valence-corrected chi connectivity index (χ1v) is 9.19. The molecule has 0 saturated heterocycles. The maximum atomic E-state index is 12.7. The Kier molecular flexibility index (Phi) is 6.29. The van der Waals surface area contributed by atoms with Crippen molar-refractivity contribution in [1.29, 1.82) is 0 Å². The zero-order chi connectivity index (χ0) is 17.7. The Hall–Kier alpha value is -1.97. The third kappa shape index (κ3) is 3.74. The van der Waals surface area contributed by atoms with Crippen LogP contribution in [-0.4, -0.2) is 22.2 Å². The van der Waals surface area contributed by atoms with Crippen LogP contribution in [0.5, 0.6) is 0 Å². The van der Waals surface area contributed by atoms with Crippen LogP contribution in [0.25, 0.3) is 5.69 Å². The molecular formula is C20H31N3O. The van der Waals surface area contributed by atoms with Gasteiger partial charge in [-0.15, -0.1) is 0 Å². The van der Waals surface area contributed by atoms with E-state index in [2.05, 4.69) is 56.9 Å². The van der Waals surface area contributed by atoms with Gasteiger partial charge in [-0.25, -0.2) is 4.79 Å². The van der Waals surface area contributed by atoms with Crippen molar-refractivity contribution in [3.8, 4) is 5.69 Å². The molecule has 0 bridgehead atoms. The van der Waals surface area contributed by atoms with Crippen molar-refractivity contribution in [2.24, 2.45) is 0 Å². The second-order valence-electron chi connectivity index (χ2n) is 6.55. The van der Waals surface area contributed by atoms with Crippen molar-refractivity contribution in [2.75, 3.05) is 18.0 Å². The maximum absolute atomic E-state index is 12.7. The van der Waals surface area contributed by atoms with Crippen LogP contribution in [0.4, 0.5) is 5.69 Å². The first kappa shape index (κ1) is 18.4. The summed E-state index contributed by atoms with van der Waals surface area (Å²) in [5.74, 6) is 0. The van der Waals surface area contributed by atoms with Crippen LogP contribution in [-0.2, 0) is 0 Å². The lowest BCUT2D eigenvalue weighted by Crippen LogP contribution is -2.26. The van der Waals surface area contributed by atoms with E-state index in [0.29, 0.717) is 0 Å². The molecule has 0 fully saturated rings. The molecule has 1 heterocycles. The average molecular weight is 329 g/mol. The SMILES string of the molecule is CCCN(CCC)c1ccc(-n2cc(C)n(C(C)CC)c2=O)cc1. The van der Waals surface area contributed by atoms with E-state index in [1.807, 2.05) is 17.7 Å². The van der Waals surface area contributed by atoms with E-state index in [1.165, 1.54) is 5.69 Å². The monoisotopic (exact) mass is 329 g/mol. The van der Waals surface area contributed by atoms with Gasteiger partial charge in [0, 0.05) is 36.7 Å². The van der Waals surface area contributed by atoms with Crippen molar-refractivity contribution in [3.63, 3.8) is 0 Å². The minimum atomic E-state index is 0.0496. The summed E-state index contributed by atoms with van der Waals surface area (Å²) >= 11 is 0. The van der Waals surface area contributed by atoms with E-state index in [9.17, 15) is 4.79 Å². The molecule has 0 spiro atoms. The molecule has 4 heteroatoms. The molecule has 1 unspecified atom stereocenters. The fourth-order valence-corrected chi connectivity index (χ4v) is 3.21. The first-order valence-electron chi connectivity index (χ1n) is 9.19. The molecule has 0 amide bonds. The van der Waals surface area contributed by atoms with Crippen LogP contribution in [0.3, 0.4) is 0 Å². The second-order valence-corrected chi connectivity index (χ2v) is 6.55. The van der Waals surface area contributed by atoms with E-state index >= 15 is 0 Å². The van der Waals surface area contributed by atoms with Crippen LogP contribution in [0.2, 0.25) is 0 Å². The van der Waals surface area contributed by atoms with Gasteiger partial charge in [-0.3, -0.25) is 9.13 Å². The van der Waals surface area contributed by atoms with Gasteiger partial charge in [0.05, 0.1) is 5.69 Å². The molecule has 0 saturated carbocycles. The molecule has 0 aliphatic rings. The number of imidazole rings is 1. The predicted molar refractivity (Wildman–Crippen MR) is 103 cm³/mol. The highest BCUT2D eigenvalue weighted by Crippen LogP contribution is 2.19. The van der Waals surface area contributed by atoms with E-state index < -0.39 is 0 Å². The lowest BCUT2D eigenvalue weighted by Gasteiger charge is -2.24. The van der Waals surface area contributed by atoms with Crippen molar-refractivity contribution in [1.82, 2.24) is 9.13 Å². The first-order chi connectivity index (χ1) is 11.5. The van der Waals surface area contributed by atoms with Gasteiger partial charge in [0.2, 0.25) is 0 Å². The quantitative estimate of drug-likeness (QED) is 0.711. The van der Waals surface area contributed by atoms with E-state index in [4.69, 9.17) is 0 Å². The van der Waals surface area contributed by atoms with Crippen molar-refractivity contribution in [2.45, 2.75) is 59.9 Å². The molecule has 4 nitrogen and oxygen atoms in total. The van der Waals surface area contributed by atoms with Crippen LogP contribution in [0.15, 0.2) is 35.3 Å².